The molecule has 5 heteroatoms. The van der Waals surface area contributed by atoms with Crippen molar-refractivity contribution in [2.45, 2.75) is 32.1 Å². The molecule has 120 valence electrons. The van der Waals surface area contributed by atoms with Gasteiger partial charge in [0.15, 0.2) is 5.96 Å². The zero-order valence-electron chi connectivity index (χ0n) is 13.4. The Balaban J connectivity index is 1.56. The van der Waals surface area contributed by atoms with E-state index < -0.39 is 0 Å². The monoisotopic (exact) mass is 294 g/mol. The number of nitrogens with one attached hydrogen (secondary N) is 2. The highest BCUT2D eigenvalue weighted by Gasteiger charge is 2.09. The first kappa shape index (κ1) is 16.3. The van der Waals surface area contributed by atoms with Crippen LogP contribution in [0.5, 0.6) is 0 Å². The van der Waals surface area contributed by atoms with E-state index in [1.807, 2.05) is 7.05 Å². The van der Waals surface area contributed by atoms with Crippen LogP contribution in [0.3, 0.4) is 0 Å². The van der Waals surface area contributed by atoms with Crippen LogP contribution in [0.4, 0.5) is 0 Å². The number of nitrogens with zero attached hydrogens (tertiary/aromatic N) is 2. The van der Waals surface area contributed by atoms with Gasteiger partial charge in [0.2, 0.25) is 0 Å². The molecule has 0 spiro atoms. The molecule has 1 saturated heterocycles. The molecule has 0 saturated carbocycles. The zero-order chi connectivity index (χ0) is 14.8. The third-order valence-corrected chi connectivity index (χ3v) is 4.17. The van der Waals surface area contributed by atoms with Gasteiger partial charge in [-0.05, 0) is 32.1 Å². The Morgan fingerprint density at radius 2 is 2.05 bits per heavy atom. The van der Waals surface area contributed by atoms with Crippen molar-refractivity contribution >= 4 is 5.96 Å². The van der Waals surface area contributed by atoms with Gasteiger partial charge in [-0.1, -0.05) is 11.6 Å². The minimum atomic E-state index is 0.863. The molecule has 2 rings (SSSR count). The topological polar surface area (TPSA) is 48.9 Å². The Bertz CT molecular complexity index is 348. The minimum absolute atomic E-state index is 0.863. The summed E-state index contributed by atoms with van der Waals surface area (Å²) in [6.45, 7) is 6.77. The third kappa shape index (κ3) is 6.48. The normalized spacial score (nSPS) is 21.0. The zero-order valence-corrected chi connectivity index (χ0v) is 13.4. The maximum Gasteiger partial charge on any atom is 0.191 e. The van der Waals surface area contributed by atoms with Gasteiger partial charge in [-0.2, -0.15) is 0 Å². The Labute approximate surface area is 128 Å². The lowest BCUT2D eigenvalue weighted by molar-refractivity contribution is 0.0389. The van der Waals surface area contributed by atoms with Crippen LogP contribution in [0.15, 0.2) is 16.6 Å². The van der Waals surface area contributed by atoms with E-state index in [0.717, 1.165) is 58.3 Å². The molecule has 0 aromatic carbocycles. The van der Waals surface area contributed by atoms with E-state index in [1.54, 1.807) is 5.57 Å². The Morgan fingerprint density at radius 3 is 2.76 bits per heavy atom. The molecule has 0 amide bonds. The Morgan fingerprint density at radius 1 is 1.24 bits per heavy atom. The summed E-state index contributed by atoms with van der Waals surface area (Å²) in [5.74, 6) is 0.916. The molecule has 0 bridgehead atoms. The molecule has 1 heterocycles. The molecule has 0 atom stereocenters. The second kappa shape index (κ2) is 9.79. The van der Waals surface area contributed by atoms with E-state index in [0.29, 0.717) is 0 Å². The SMILES string of the molecule is CN=C(NCCC1=CCCCC1)NCCN1CCOCC1. The molecular formula is C16H30N4O. The molecule has 2 aliphatic rings. The van der Waals surface area contributed by atoms with E-state index in [4.69, 9.17) is 4.74 Å². The molecule has 0 aromatic rings. The van der Waals surface area contributed by atoms with Crippen LogP contribution in [0.25, 0.3) is 0 Å². The molecular weight excluding hydrogens is 264 g/mol. The Hall–Kier alpha value is -1.07. The summed E-state index contributed by atoms with van der Waals surface area (Å²) in [6, 6.07) is 0. The fourth-order valence-electron chi connectivity index (χ4n) is 2.85. The third-order valence-electron chi connectivity index (χ3n) is 4.17. The quantitative estimate of drug-likeness (QED) is 0.441. The van der Waals surface area contributed by atoms with Crippen LogP contribution in [-0.2, 0) is 4.74 Å². The van der Waals surface area contributed by atoms with Crippen molar-refractivity contribution in [3.8, 4) is 0 Å². The van der Waals surface area contributed by atoms with Crippen molar-refractivity contribution in [3.63, 3.8) is 0 Å². The lowest BCUT2D eigenvalue weighted by Crippen LogP contribution is -2.44. The van der Waals surface area contributed by atoms with Crippen molar-refractivity contribution in [2.24, 2.45) is 4.99 Å². The van der Waals surface area contributed by atoms with Crippen molar-refractivity contribution in [1.29, 1.82) is 0 Å². The van der Waals surface area contributed by atoms with Gasteiger partial charge < -0.3 is 15.4 Å². The first-order valence-electron chi connectivity index (χ1n) is 8.31. The molecule has 0 aromatic heterocycles. The van der Waals surface area contributed by atoms with Crippen molar-refractivity contribution in [2.75, 3.05) is 53.0 Å². The highest BCUT2D eigenvalue weighted by Crippen LogP contribution is 2.19. The molecule has 1 aliphatic heterocycles. The summed E-state index contributed by atoms with van der Waals surface area (Å²) < 4.78 is 5.36. The van der Waals surface area contributed by atoms with Crippen LogP contribution < -0.4 is 10.6 Å². The van der Waals surface area contributed by atoms with Gasteiger partial charge in [-0.15, -0.1) is 0 Å². The van der Waals surface area contributed by atoms with Gasteiger partial charge in [0.1, 0.15) is 0 Å². The second-order valence-corrected chi connectivity index (χ2v) is 5.74. The van der Waals surface area contributed by atoms with Gasteiger partial charge in [-0.3, -0.25) is 9.89 Å². The average molecular weight is 294 g/mol. The number of hydrogen-bond donors (Lipinski definition) is 2. The fraction of sp³-hybridized carbons (Fsp3) is 0.812. The van der Waals surface area contributed by atoms with Crippen LogP contribution in [0.1, 0.15) is 32.1 Å². The number of allylic oxidation sites excluding steroid dienone is 1. The lowest BCUT2D eigenvalue weighted by atomic mass is 9.97. The average Bonchev–Trinajstić information content (AvgIpc) is 2.55. The van der Waals surface area contributed by atoms with Gasteiger partial charge in [-0.25, -0.2) is 0 Å². The molecule has 5 nitrogen and oxygen atoms in total. The maximum atomic E-state index is 5.36. The van der Waals surface area contributed by atoms with E-state index in [-0.39, 0.29) is 0 Å². The van der Waals surface area contributed by atoms with Crippen LogP contribution in [-0.4, -0.2) is 63.8 Å². The fourth-order valence-corrected chi connectivity index (χ4v) is 2.85. The molecule has 0 radical (unpaired) electrons. The van der Waals surface area contributed by atoms with Crippen LogP contribution in [0.2, 0.25) is 0 Å². The van der Waals surface area contributed by atoms with Gasteiger partial charge in [0.25, 0.3) is 0 Å². The summed E-state index contributed by atoms with van der Waals surface area (Å²) in [5, 5.41) is 6.80. The smallest absolute Gasteiger partial charge is 0.191 e. The van der Waals surface area contributed by atoms with Gasteiger partial charge >= 0.3 is 0 Å². The lowest BCUT2D eigenvalue weighted by Gasteiger charge is -2.26. The first-order chi connectivity index (χ1) is 10.4. The summed E-state index contributed by atoms with van der Waals surface area (Å²) in [6.07, 6.45) is 8.83. The summed E-state index contributed by atoms with van der Waals surface area (Å²) in [4.78, 5) is 6.71. The number of ether oxygens (including phenoxy) is 1. The van der Waals surface area contributed by atoms with Crippen molar-refractivity contribution in [3.05, 3.63) is 11.6 Å². The molecule has 21 heavy (non-hydrogen) atoms. The maximum absolute atomic E-state index is 5.36. The van der Waals surface area contributed by atoms with Crippen molar-refractivity contribution < 1.29 is 4.74 Å². The Kier molecular flexibility index (Phi) is 7.60. The minimum Gasteiger partial charge on any atom is -0.379 e. The van der Waals surface area contributed by atoms with Gasteiger partial charge in [0, 0.05) is 39.8 Å². The number of morpholine rings is 1. The van der Waals surface area contributed by atoms with E-state index in [9.17, 15) is 0 Å². The molecule has 2 N–H and O–H groups in total. The first-order valence-corrected chi connectivity index (χ1v) is 8.31. The summed E-state index contributed by atoms with van der Waals surface area (Å²) >= 11 is 0. The molecule has 1 fully saturated rings. The number of rotatable bonds is 6. The second-order valence-electron chi connectivity index (χ2n) is 5.74. The van der Waals surface area contributed by atoms with E-state index in [1.165, 1.54) is 25.7 Å². The highest BCUT2D eigenvalue weighted by atomic mass is 16.5. The van der Waals surface area contributed by atoms with Crippen LogP contribution in [0, 0.1) is 0 Å². The summed E-state index contributed by atoms with van der Waals surface area (Å²) in [7, 11) is 1.84. The standard InChI is InChI=1S/C16H30N4O/c1-17-16(18-8-7-15-5-3-2-4-6-15)19-9-10-20-11-13-21-14-12-20/h5H,2-4,6-14H2,1H3,(H2,17,18,19). The van der Waals surface area contributed by atoms with E-state index in [2.05, 4.69) is 26.6 Å². The number of aliphatic imine (C=N–C) groups is 1. The predicted molar refractivity (Wildman–Crippen MR) is 87.8 cm³/mol. The summed E-state index contributed by atoms with van der Waals surface area (Å²) in [5.41, 5.74) is 1.61. The molecule has 0 unspecified atom stereocenters. The largest absolute Gasteiger partial charge is 0.379 e. The predicted octanol–water partition coefficient (Wildman–Crippen LogP) is 1.37. The number of hydrogen-bond acceptors (Lipinski definition) is 3. The highest BCUT2D eigenvalue weighted by molar-refractivity contribution is 5.79. The van der Waals surface area contributed by atoms with E-state index >= 15 is 0 Å². The van der Waals surface area contributed by atoms with Crippen LogP contribution >= 0.6 is 0 Å². The van der Waals surface area contributed by atoms with Gasteiger partial charge in [0.05, 0.1) is 13.2 Å². The molecule has 1 aliphatic carbocycles. The van der Waals surface area contributed by atoms with Crippen molar-refractivity contribution in [1.82, 2.24) is 15.5 Å². The number of guanidine groups is 1.